The molecule has 124 valence electrons. The van der Waals surface area contributed by atoms with Crippen molar-refractivity contribution in [2.45, 2.75) is 58.2 Å². The molecule has 0 aromatic heterocycles. The third kappa shape index (κ3) is 7.57. The lowest BCUT2D eigenvalue weighted by Crippen LogP contribution is -2.16. The molecule has 0 aliphatic carbocycles. The molecular weight excluding hydrogens is 278 g/mol. The number of nitrogens with one attached hydrogen (secondary N) is 1. The van der Waals surface area contributed by atoms with Crippen molar-refractivity contribution in [2.24, 2.45) is 0 Å². The lowest BCUT2D eigenvalue weighted by atomic mass is 10.1. The highest BCUT2D eigenvalue weighted by molar-refractivity contribution is 5.90. The minimum Gasteiger partial charge on any atom is -0.356 e. The topological polar surface area (TPSA) is 47.6 Å². The lowest BCUT2D eigenvalue weighted by molar-refractivity contribution is -0.116. The molecular formula is C18H29NO3. The zero-order valence-electron chi connectivity index (χ0n) is 14.1. The number of unbranched alkanes of at least 4 members (excludes halogenated alkanes) is 4. The fraction of sp³-hybridized carbons (Fsp3) is 0.611. The van der Waals surface area contributed by atoms with Crippen molar-refractivity contribution in [3.8, 4) is 0 Å². The van der Waals surface area contributed by atoms with Crippen LogP contribution in [0.4, 0.5) is 5.69 Å². The van der Waals surface area contributed by atoms with E-state index in [-0.39, 0.29) is 12.2 Å². The van der Waals surface area contributed by atoms with Crippen LogP contribution in [0.2, 0.25) is 0 Å². The van der Waals surface area contributed by atoms with Crippen molar-refractivity contribution in [3.63, 3.8) is 0 Å². The summed E-state index contributed by atoms with van der Waals surface area (Å²) < 4.78 is 10.4. The Kier molecular flexibility index (Phi) is 9.51. The molecule has 0 bridgehead atoms. The first-order valence-electron chi connectivity index (χ1n) is 8.14. The molecule has 1 N–H and O–H groups in total. The summed E-state index contributed by atoms with van der Waals surface area (Å²) >= 11 is 0. The number of carbonyl (C=O) groups excluding carboxylic acids is 1. The summed E-state index contributed by atoms with van der Waals surface area (Å²) in [5.41, 5.74) is 1.96. The number of hydrogen-bond acceptors (Lipinski definition) is 3. The van der Waals surface area contributed by atoms with Crippen molar-refractivity contribution in [3.05, 3.63) is 29.8 Å². The summed E-state index contributed by atoms with van der Waals surface area (Å²) in [6, 6.07) is 7.82. The molecule has 4 nitrogen and oxygen atoms in total. The van der Waals surface area contributed by atoms with Crippen molar-refractivity contribution >= 4 is 11.6 Å². The number of rotatable bonds is 11. The molecule has 22 heavy (non-hydrogen) atoms. The zero-order chi connectivity index (χ0) is 16.2. The quantitative estimate of drug-likeness (QED) is 0.493. The predicted octanol–water partition coefficient (Wildman–Crippen LogP) is 4.15. The Morgan fingerprint density at radius 1 is 1.05 bits per heavy atom. The Balaban J connectivity index is 2.32. The highest BCUT2D eigenvalue weighted by atomic mass is 16.7. The van der Waals surface area contributed by atoms with Gasteiger partial charge in [-0.2, -0.15) is 0 Å². The number of amides is 1. The first-order chi connectivity index (χ1) is 10.7. The lowest BCUT2D eigenvalue weighted by Gasteiger charge is -2.13. The van der Waals surface area contributed by atoms with E-state index in [1.807, 2.05) is 24.3 Å². The van der Waals surface area contributed by atoms with Gasteiger partial charge in [-0.05, 0) is 24.1 Å². The van der Waals surface area contributed by atoms with Gasteiger partial charge in [0.2, 0.25) is 5.91 Å². The number of carbonyl (C=O) groups is 1. The van der Waals surface area contributed by atoms with Gasteiger partial charge in [0.25, 0.3) is 0 Å². The second kappa shape index (κ2) is 11.2. The van der Waals surface area contributed by atoms with Gasteiger partial charge in [-0.1, -0.05) is 44.7 Å². The smallest absolute Gasteiger partial charge is 0.224 e. The van der Waals surface area contributed by atoms with Gasteiger partial charge in [-0.15, -0.1) is 0 Å². The van der Waals surface area contributed by atoms with Crippen LogP contribution in [0.5, 0.6) is 0 Å². The van der Waals surface area contributed by atoms with Gasteiger partial charge in [0.1, 0.15) is 0 Å². The van der Waals surface area contributed by atoms with Gasteiger partial charge in [0.15, 0.2) is 6.29 Å². The number of ether oxygens (including phenoxy) is 2. The number of hydrogen-bond donors (Lipinski definition) is 1. The average molecular weight is 307 g/mol. The third-order valence-electron chi connectivity index (χ3n) is 3.67. The van der Waals surface area contributed by atoms with Crippen LogP contribution in [0.15, 0.2) is 24.3 Å². The molecule has 1 amide bonds. The molecule has 0 saturated carbocycles. The van der Waals surface area contributed by atoms with Crippen LogP contribution in [-0.4, -0.2) is 26.4 Å². The van der Waals surface area contributed by atoms with Crippen LogP contribution in [0.1, 0.15) is 51.0 Å². The Morgan fingerprint density at radius 3 is 2.27 bits per heavy atom. The third-order valence-corrected chi connectivity index (χ3v) is 3.67. The fourth-order valence-corrected chi connectivity index (χ4v) is 2.29. The summed E-state index contributed by atoms with van der Waals surface area (Å²) in [5.74, 6) is 0.0934. The Labute approximate surface area is 134 Å². The van der Waals surface area contributed by atoms with Crippen LogP contribution in [0.25, 0.3) is 0 Å². The number of anilines is 1. The van der Waals surface area contributed by atoms with Gasteiger partial charge in [-0.25, -0.2) is 0 Å². The molecule has 0 heterocycles. The molecule has 1 aromatic rings. The van der Waals surface area contributed by atoms with E-state index in [1.165, 1.54) is 19.3 Å². The zero-order valence-corrected chi connectivity index (χ0v) is 14.1. The van der Waals surface area contributed by atoms with Crippen LogP contribution >= 0.6 is 0 Å². The van der Waals surface area contributed by atoms with E-state index in [1.54, 1.807) is 14.2 Å². The molecule has 4 heteroatoms. The summed E-state index contributed by atoms with van der Waals surface area (Å²) in [6.45, 7) is 2.19. The Morgan fingerprint density at radius 2 is 1.68 bits per heavy atom. The average Bonchev–Trinajstić information content (AvgIpc) is 2.54. The van der Waals surface area contributed by atoms with Crippen LogP contribution in [0.3, 0.4) is 0 Å². The first-order valence-corrected chi connectivity index (χ1v) is 8.14. The second-order valence-corrected chi connectivity index (χ2v) is 5.51. The Bertz CT molecular complexity index is 413. The van der Waals surface area contributed by atoms with E-state index in [9.17, 15) is 4.79 Å². The molecule has 0 atom stereocenters. The monoisotopic (exact) mass is 307 g/mol. The standard InChI is InChI=1S/C18H29NO3/c1-4-5-6-7-8-9-17(20)19-16-12-10-15(11-13-16)14-18(21-2)22-3/h10-13,18H,4-9,14H2,1-3H3,(H,19,20). The molecule has 0 saturated heterocycles. The van der Waals surface area contributed by atoms with Crippen LogP contribution < -0.4 is 5.32 Å². The van der Waals surface area contributed by atoms with E-state index >= 15 is 0 Å². The van der Waals surface area contributed by atoms with Crippen molar-refractivity contribution in [1.82, 2.24) is 0 Å². The second-order valence-electron chi connectivity index (χ2n) is 5.51. The molecule has 0 unspecified atom stereocenters. The summed E-state index contributed by atoms with van der Waals surface area (Å²) in [4.78, 5) is 11.8. The number of benzene rings is 1. The minimum atomic E-state index is -0.233. The van der Waals surface area contributed by atoms with Gasteiger partial charge >= 0.3 is 0 Å². The van der Waals surface area contributed by atoms with Crippen molar-refractivity contribution < 1.29 is 14.3 Å². The van der Waals surface area contributed by atoms with E-state index in [2.05, 4.69) is 12.2 Å². The molecule has 0 fully saturated rings. The molecule has 1 rings (SSSR count). The summed E-state index contributed by atoms with van der Waals surface area (Å²) in [5, 5.41) is 2.94. The maximum atomic E-state index is 11.8. The normalized spacial score (nSPS) is 10.9. The van der Waals surface area contributed by atoms with Gasteiger partial charge in [-0.3, -0.25) is 4.79 Å². The molecule has 0 aliphatic rings. The molecule has 1 aromatic carbocycles. The van der Waals surface area contributed by atoms with E-state index < -0.39 is 0 Å². The SMILES string of the molecule is CCCCCCCC(=O)Nc1ccc(CC(OC)OC)cc1. The van der Waals surface area contributed by atoms with Crippen molar-refractivity contribution in [2.75, 3.05) is 19.5 Å². The molecule has 0 aliphatic heterocycles. The van der Waals surface area contributed by atoms with E-state index in [0.717, 1.165) is 24.1 Å². The van der Waals surface area contributed by atoms with Crippen LogP contribution in [-0.2, 0) is 20.7 Å². The van der Waals surface area contributed by atoms with Gasteiger partial charge in [0, 0.05) is 32.7 Å². The number of methoxy groups -OCH3 is 2. The highest BCUT2D eigenvalue weighted by Gasteiger charge is 2.07. The maximum Gasteiger partial charge on any atom is 0.224 e. The van der Waals surface area contributed by atoms with Gasteiger partial charge < -0.3 is 14.8 Å². The summed E-state index contributed by atoms with van der Waals surface area (Å²) in [7, 11) is 3.26. The highest BCUT2D eigenvalue weighted by Crippen LogP contribution is 2.13. The Hall–Kier alpha value is -1.39. The summed E-state index contributed by atoms with van der Waals surface area (Å²) in [6.07, 6.45) is 6.86. The van der Waals surface area contributed by atoms with Crippen LogP contribution in [0, 0.1) is 0 Å². The molecule has 0 radical (unpaired) electrons. The van der Waals surface area contributed by atoms with Crippen molar-refractivity contribution in [1.29, 1.82) is 0 Å². The minimum absolute atomic E-state index is 0.0934. The first kappa shape index (κ1) is 18.7. The largest absolute Gasteiger partial charge is 0.356 e. The predicted molar refractivity (Wildman–Crippen MR) is 90.0 cm³/mol. The van der Waals surface area contributed by atoms with E-state index in [0.29, 0.717) is 12.8 Å². The van der Waals surface area contributed by atoms with Gasteiger partial charge in [0.05, 0.1) is 0 Å². The molecule has 0 spiro atoms. The fourth-order valence-electron chi connectivity index (χ4n) is 2.29. The maximum absolute atomic E-state index is 11.8. The van der Waals surface area contributed by atoms with E-state index in [4.69, 9.17) is 9.47 Å².